The van der Waals surface area contributed by atoms with Crippen LogP contribution in [0.4, 0.5) is 0 Å². The van der Waals surface area contributed by atoms with Crippen LogP contribution in [0.1, 0.15) is 71.6 Å². The standard InChI is InChI=1S/C27H38O4/c1-4-25(31-18(2)28)27-13-6-5-7-19(27)8-9-20-21-10-11-23(24-17-29-15-16-30-24)26(21,3)14-12-22(20)27/h1,8,20-25H,5-7,9-17H2,2-3H3/t20-,21-,22-,23+,24?,25?,26-,27+/m0/s1. The van der Waals surface area contributed by atoms with E-state index in [1.54, 1.807) is 0 Å². The van der Waals surface area contributed by atoms with Crippen LogP contribution in [0.15, 0.2) is 11.6 Å². The third kappa shape index (κ3) is 3.30. The Hall–Kier alpha value is -1.31. The molecule has 8 atom stereocenters. The zero-order valence-corrected chi connectivity index (χ0v) is 19.2. The van der Waals surface area contributed by atoms with Crippen LogP contribution in [0.25, 0.3) is 0 Å². The minimum atomic E-state index is -0.430. The molecule has 0 spiro atoms. The van der Waals surface area contributed by atoms with Crippen molar-refractivity contribution in [3.05, 3.63) is 11.6 Å². The molecular formula is C27H38O4. The Morgan fingerprint density at radius 2 is 2.03 bits per heavy atom. The van der Waals surface area contributed by atoms with Gasteiger partial charge in [-0.05, 0) is 80.5 Å². The van der Waals surface area contributed by atoms with Gasteiger partial charge in [0.2, 0.25) is 0 Å². The maximum Gasteiger partial charge on any atom is 0.303 e. The number of ether oxygens (including phenoxy) is 3. The molecule has 4 heteroatoms. The number of allylic oxidation sites excluding steroid dienone is 1. The largest absolute Gasteiger partial charge is 0.448 e. The van der Waals surface area contributed by atoms with Crippen LogP contribution in [-0.2, 0) is 19.0 Å². The molecule has 4 fully saturated rings. The highest BCUT2D eigenvalue weighted by atomic mass is 16.6. The van der Waals surface area contributed by atoms with Gasteiger partial charge in [0, 0.05) is 12.3 Å². The van der Waals surface area contributed by atoms with Gasteiger partial charge >= 0.3 is 5.97 Å². The molecule has 170 valence electrons. The molecule has 31 heavy (non-hydrogen) atoms. The summed E-state index contributed by atoms with van der Waals surface area (Å²) >= 11 is 0. The summed E-state index contributed by atoms with van der Waals surface area (Å²) in [6.45, 7) is 6.24. The normalized spacial score (nSPS) is 45.3. The molecule has 1 heterocycles. The van der Waals surface area contributed by atoms with Crippen molar-refractivity contribution in [2.24, 2.45) is 34.5 Å². The average Bonchev–Trinajstić information content (AvgIpc) is 3.14. The van der Waals surface area contributed by atoms with E-state index < -0.39 is 6.10 Å². The van der Waals surface area contributed by atoms with E-state index in [9.17, 15) is 4.79 Å². The lowest BCUT2D eigenvalue weighted by molar-refractivity contribution is -0.161. The van der Waals surface area contributed by atoms with E-state index in [0.29, 0.717) is 29.1 Å². The topological polar surface area (TPSA) is 44.8 Å². The smallest absolute Gasteiger partial charge is 0.303 e. The Morgan fingerprint density at radius 3 is 2.77 bits per heavy atom. The van der Waals surface area contributed by atoms with Crippen LogP contribution in [-0.4, -0.2) is 38.0 Å². The van der Waals surface area contributed by atoms with Crippen LogP contribution in [0.2, 0.25) is 0 Å². The van der Waals surface area contributed by atoms with Crippen molar-refractivity contribution < 1.29 is 19.0 Å². The molecule has 2 unspecified atom stereocenters. The van der Waals surface area contributed by atoms with Gasteiger partial charge in [0.05, 0.1) is 25.9 Å². The fourth-order valence-electron chi connectivity index (χ4n) is 8.71. The second kappa shape index (κ2) is 8.23. The summed E-state index contributed by atoms with van der Waals surface area (Å²) in [5.41, 5.74) is 1.65. The number of fused-ring (bicyclic) bond motifs is 5. The third-order valence-corrected chi connectivity index (χ3v) is 9.89. The second-order valence-corrected chi connectivity index (χ2v) is 11.0. The highest BCUT2D eigenvalue weighted by molar-refractivity contribution is 5.66. The van der Waals surface area contributed by atoms with Gasteiger partial charge in [-0.25, -0.2) is 0 Å². The number of terminal acetylenes is 1. The molecule has 3 saturated carbocycles. The Kier molecular flexibility index (Phi) is 5.72. The van der Waals surface area contributed by atoms with Gasteiger partial charge in [-0.3, -0.25) is 4.79 Å². The molecule has 0 amide bonds. The Balaban J connectivity index is 1.48. The van der Waals surface area contributed by atoms with E-state index in [1.165, 1.54) is 51.0 Å². The molecule has 0 N–H and O–H groups in total. The highest BCUT2D eigenvalue weighted by Crippen LogP contribution is 2.67. The van der Waals surface area contributed by atoms with Crippen molar-refractivity contribution in [3.63, 3.8) is 0 Å². The van der Waals surface area contributed by atoms with E-state index in [4.69, 9.17) is 20.6 Å². The molecule has 4 aliphatic carbocycles. The highest BCUT2D eigenvalue weighted by Gasteiger charge is 2.62. The summed E-state index contributed by atoms with van der Waals surface area (Å²) in [6, 6.07) is 0. The first-order chi connectivity index (χ1) is 15.0. The van der Waals surface area contributed by atoms with Gasteiger partial charge in [-0.2, -0.15) is 0 Å². The van der Waals surface area contributed by atoms with Crippen molar-refractivity contribution in [2.75, 3.05) is 19.8 Å². The zero-order valence-electron chi connectivity index (χ0n) is 19.2. The van der Waals surface area contributed by atoms with Crippen molar-refractivity contribution in [1.82, 2.24) is 0 Å². The van der Waals surface area contributed by atoms with Crippen molar-refractivity contribution in [3.8, 4) is 12.3 Å². The zero-order chi connectivity index (χ0) is 21.6. The van der Waals surface area contributed by atoms with Gasteiger partial charge in [-0.1, -0.05) is 30.9 Å². The van der Waals surface area contributed by atoms with Gasteiger partial charge < -0.3 is 14.2 Å². The summed E-state index contributed by atoms with van der Waals surface area (Å²) in [5, 5.41) is 0. The summed E-state index contributed by atoms with van der Waals surface area (Å²) in [6.07, 6.45) is 19.0. The lowest BCUT2D eigenvalue weighted by Crippen LogP contribution is -2.56. The number of esters is 1. The van der Waals surface area contributed by atoms with Gasteiger partial charge in [0.25, 0.3) is 0 Å². The molecule has 0 aromatic heterocycles. The monoisotopic (exact) mass is 426 g/mol. The van der Waals surface area contributed by atoms with Crippen LogP contribution in [0, 0.1) is 46.8 Å². The van der Waals surface area contributed by atoms with E-state index in [0.717, 1.165) is 39.1 Å². The number of rotatable bonds is 3. The Morgan fingerprint density at radius 1 is 1.19 bits per heavy atom. The lowest BCUT2D eigenvalue weighted by Gasteiger charge is -2.59. The quantitative estimate of drug-likeness (QED) is 0.365. The van der Waals surface area contributed by atoms with Gasteiger partial charge in [-0.15, -0.1) is 6.42 Å². The lowest BCUT2D eigenvalue weighted by atomic mass is 9.45. The first kappa shape index (κ1) is 21.5. The molecule has 5 aliphatic rings. The summed E-state index contributed by atoms with van der Waals surface area (Å²) in [7, 11) is 0. The maximum atomic E-state index is 12.0. The Labute approximate surface area is 187 Å². The maximum absolute atomic E-state index is 12.0. The molecule has 0 aromatic carbocycles. The first-order valence-electron chi connectivity index (χ1n) is 12.5. The van der Waals surface area contributed by atoms with E-state index in [2.05, 4.69) is 18.9 Å². The molecule has 1 aliphatic heterocycles. The van der Waals surface area contributed by atoms with Gasteiger partial charge in [0.1, 0.15) is 0 Å². The molecule has 5 rings (SSSR count). The number of carbonyl (C=O) groups excluding carboxylic acids is 1. The summed E-state index contributed by atoms with van der Waals surface area (Å²) < 4.78 is 17.8. The van der Waals surface area contributed by atoms with Crippen molar-refractivity contribution >= 4 is 5.97 Å². The summed E-state index contributed by atoms with van der Waals surface area (Å²) in [5.74, 6) is 5.11. The van der Waals surface area contributed by atoms with Gasteiger partial charge in [0.15, 0.2) is 6.10 Å². The van der Waals surface area contributed by atoms with Crippen LogP contribution in [0.5, 0.6) is 0 Å². The van der Waals surface area contributed by atoms with Crippen LogP contribution in [0.3, 0.4) is 0 Å². The number of hydrogen-bond acceptors (Lipinski definition) is 4. The molecule has 1 saturated heterocycles. The number of carbonyl (C=O) groups is 1. The minimum Gasteiger partial charge on any atom is -0.448 e. The molecule has 0 radical (unpaired) electrons. The third-order valence-electron chi connectivity index (χ3n) is 9.89. The van der Waals surface area contributed by atoms with E-state index >= 15 is 0 Å². The predicted molar refractivity (Wildman–Crippen MR) is 119 cm³/mol. The van der Waals surface area contributed by atoms with Crippen LogP contribution < -0.4 is 0 Å². The minimum absolute atomic E-state index is 0.147. The molecule has 4 nitrogen and oxygen atoms in total. The molecule has 0 bridgehead atoms. The fourth-order valence-corrected chi connectivity index (χ4v) is 8.71. The first-order valence-corrected chi connectivity index (χ1v) is 12.5. The average molecular weight is 427 g/mol. The SMILES string of the molecule is C#CC(OC(C)=O)[C@]12CCCCC1=CC[C@H]1[C@@H]3CC[C@H](C4COCCO4)[C@@]3(C)CC[C@@H]12. The van der Waals surface area contributed by atoms with E-state index in [-0.39, 0.29) is 17.5 Å². The Bertz CT molecular complexity index is 775. The van der Waals surface area contributed by atoms with Crippen LogP contribution >= 0.6 is 0 Å². The molecule has 0 aromatic rings. The predicted octanol–water partition coefficient (Wildman–Crippen LogP) is 4.92. The van der Waals surface area contributed by atoms with Crippen molar-refractivity contribution in [2.45, 2.75) is 83.8 Å². The fraction of sp³-hybridized carbons (Fsp3) is 0.815. The summed E-state index contributed by atoms with van der Waals surface area (Å²) in [4.78, 5) is 12.0. The second-order valence-electron chi connectivity index (χ2n) is 11.0. The van der Waals surface area contributed by atoms with Crippen molar-refractivity contribution in [1.29, 1.82) is 0 Å². The molecular weight excluding hydrogens is 388 g/mol. The number of hydrogen-bond donors (Lipinski definition) is 0. The van der Waals surface area contributed by atoms with E-state index in [1.807, 2.05) is 0 Å².